The lowest BCUT2D eigenvalue weighted by molar-refractivity contribution is -0.124. The molecule has 1 aromatic rings. The number of hydrazine groups is 1. The number of nitrogens with one attached hydrogen (secondary N) is 2. The van der Waals surface area contributed by atoms with Crippen LogP contribution in [0.15, 0.2) is 30.3 Å². The minimum absolute atomic E-state index is 0.362. The maximum absolute atomic E-state index is 11.1. The first-order valence-corrected chi connectivity index (χ1v) is 4.67. The van der Waals surface area contributed by atoms with Crippen molar-refractivity contribution in [2.75, 3.05) is 6.61 Å². The van der Waals surface area contributed by atoms with E-state index in [9.17, 15) is 4.79 Å². The van der Waals surface area contributed by atoms with Crippen molar-refractivity contribution < 1.29 is 9.90 Å². The van der Waals surface area contributed by atoms with Gasteiger partial charge >= 0.3 is 0 Å². The molecule has 1 atom stereocenters. The molecule has 0 fully saturated rings. The van der Waals surface area contributed by atoms with E-state index in [-0.39, 0.29) is 6.61 Å². The maximum atomic E-state index is 11.1. The molecule has 5 heteroatoms. The zero-order valence-corrected chi connectivity index (χ0v) is 8.31. The van der Waals surface area contributed by atoms with Crippen molar-refractivity contribution >= 4 is 5.91 Å². The van der Waals surface area contributed by atoms with Crippen LogP contribution in [0.4, 0.5) is 0 Å². The first-order chi connectivity index (χ1) is 7.24. The summed E-state index contributed by atoms with van der Waals surface area (Å²) in [6, 6.07) is 8.74. The highest BCUT2D eigenvalue weighted by molar-refractivity contribution is 5.81. The molecule has 0 saturated heterocycles. The van der Waals surface area contributed by atoms with Crippen molar-refractivity contribution in [3.8, 4) is 0 Å². The first-order valence-electron chi connectivity index (χ1n) is 4.67. The van der Waals surface area contributed by atoms with Gasteiger partial charge in [0.2, 0.25) is 0 Å². The molecule has 0 heterocycles. The molecule has 1 amide bonds. The van der Waals surface area contributed by atoms with Crippen molar-refractivity contribution in [1.29, 1.82) is 0 Å². The van der Waals surface area contributed by atoms with Crippen LogP contribution in [-0.4, -0.2) is 23.7 Å². The minimum atomic E-state index is -0.881. The van der Waals surface area contributed by atoms with Gasteiger partial charge in [-0.15, -0.1) is 0 Å². The Hall–Kier alpha value is -1.43. The van der Waals surface area contributed by atoms with E-state index in [4.69, 9.17) is 10.8 Å². The average molecular weight is 209 g/mol. The van der Waals surface area contributed by atoms with Gasteiger partial charge in [0.05, 0.1) is 6.61 Å². The number of aliphatic hydroxyl groups is 1. The quantitative estimate of drug-likeness (QED) is 0.475. The van der Waals surface area contributed by atoms with Crippen LogP contribution in [0.1, 0.15) is 5.56 Å². The van der Waals surface area contributed by atoms with E-state index >= 15 is 0 Å². The average Bonchev–Trinajstić information content (AvgIpc) is 2.29. The summed E-state index contributed by atoms with van der Waals surface area (Å²) in [5, 5.41) is 8.61. The van der Waals surface area contributed by atoms with Gasteiger partial charge in [-0.3, -0.25) is 10.2 Å². The number of carbonyl (C=O) groups is 1. The molecule has 0 saturated carbocycles. The van der Waals surface area contributed by atoms with Gasteiger partial charge in [-0.25, -0.2) is 5.43 Å². The molecule has 5 nitrogen and oxygen atoms in total. The van der Waals surface area contributed by atoms with E-state index in [2.05, 4.69) is 10.9 Å². The Morgan fingerprint density at radius 3 is 2.67 bits per heavy atom. The Bertz CT molecular complexity index is 303. The van der Waals surface area contributed by atoms with Crippen LogP contribution >= 0.6 is 0 Å². The van der Waals surface area contributed by atoms with Gasteiger partial charge in [0.1, 0.15) is 6.04 Å². The molecule has 0 bridgehead atoms. The number of benzene rings is 1. The van der Waals surface area contributed by atoms with Gasteiger partial charge < -0.3 is 10.8 Å². The highest BCUT2D eigenvalue weighted by Crippen LogP contribution is 1.95. The van der Waals surface area contributed by atoms with Crippen LogP contribution < -0.4 is 16.6 Å². The number of carbonyl (C=O) groups excluding carboxylic acids is 1. The summed E-state index contributed by atoms with van der Waals surface area (Å²) < 4.78 is 0. The van der Waals surface area contributed by atoms with Crippen molar-refractivity contribution in [3.05, 3.63) is 35.9 Å². The summed E-state index contributed by atoms with van der Waals surface area (Å²) in [6.07, 6.45) is 0. The Morgan fingerprint density at radius 2 is 2.07 bits per heavy atom. The molecule has 0 aliphatic carbocycles. The summed E-state index contributed by atoms with van der Waals surface area (Å²) in [7, 11) is 0. The summed E-state index contributed by atoms with van der Waals surface area (Å²) in [6.45, 7) is 0.156. The molecule has 1 rings (SSSR count). The zero-order valence-electron chi connectivity index (χ0n) is 8.31. The second-order valence-corrected chi connectivity index (χ2v) is 3.12. The van der Waals surface area contributed by atoms with Gasteiger partial charge in [0.25, 0.3) is 5.91 Å². The van der Waals surface area contributed by atoms with Crippen molar-refractivity contribution in [2.24, 2.45) is 5.73 Å². The number of amides is 1. The molecular weight excluding hydrogens is 194 g/mol. The van der Waals surface area contributed by atoms with Crippen LogP contribution in [0.3, 0.4) is 0 Å². The predicted octanol–water partition coefficient (Wildman–Crippen LogP) is -0.873. The van der Waals surface area contributed by atoms with E-state index in [0.29, 0.717) is 6.54 Å². The molecule has 0 spiro atoms. The molecule has 5 N–H and O–H groups in total. The number of hydrogen-bond acceptors (Lipinski definition) is 4. The third-order valence-corrected chi connectivity index (χ3v) is 1.88. The number of rotatable bonds is 5. The Morgan fingerprint density at radius 1 is 1.40 bits per heavy atom. The lowest BCUT2D eigenvalue weighted by Gasteiger charge is -2.10. The largest absolute Gasteiger partial charge is 0.394 e. The molecule has 0 aliphatic rings. The molecule has 1 unspecified atom stereocenters. The Balaban J connectivity index is 2.25. The monoisotopic (exact) mass is 209 g/mol. The van der Waals surface area contributed by atoms with Crippen LogP contribution in [-0.2, 0) is 11.3 Å². The number of nitrogens with two attached hydrogens (primary N) is 1. The fourth-order valence-electron chi connectivity index (χ4n) is 1.00. The number of hydrogen-bond donors (Lipinski definition) is 4. The molecule has 82 valence electrons. The topological polar surface area (TPSA) is 87.4 Å². The van der Waals surface area contributed by atoms with E-state index in [1.807, 2.05) is 30.3 Å². The third-order valence-electron chi connectivity index (χ3n) is 1.88. The van der Waals surface area contributed by atoms with Gasteiger partial charge in [-0.2, -0.15) is 0 Å². The van der Waals surface area contributed by atoms with Gasteiger partial charge in [-0.05, 0) is 5.56 Å². The van der Waals surface area contributed by atoms with E-state index in [0.717, 1.165) is 5.56 Å². The molecule has 0 aliphatic heterocycles. The van der Waals surface area contributed by atoms with Crippen LogP contribution in [0.5, 0.6) is 0 Å². The third kappa shape index (κ3) is 4.07. The molecular formula is C10H15N3O2. The normalized spacial score (nSPS) is 12.1. The minimum Gasteiger partial charge on any atom is -0.394 e. The van der Waals surface area contributed by atoms with Crippen LogP contribution in [0, 0.1) is 0 Å². The smallest absolute Gasteiger partial charge is 0.253 e. The second-order valence-electron chi connectivity index (χ2n) is 3.12. The zero-order chi connectivity index (χ0) is 11.1. The van der Waals surface area contributed by atoms with Gasteiger partial charge in [0.15, 0.2) is 0 Å². The number of aliphatic hydroxyl groups excluding tert-OH is 1. The van der Waals surface area contributed by atoms with E-state index in [1.165, 1.54) is 0 Å². The van der Waals surface area contributed by atoms with Crippen molar-refractivity contribution in [3.63, 3.8) is 0 Å². The van der Waals surface area contributed by atoms with E-state index < -0.39 is 11.9 Å². The van der Waals surface area contributed by atoms with Crippen LogP contribution in [0.25, 0.3) is 0 Å². The van der Waals surface area contributed by atoms with Crippen LogP contribution in [0.2, 0.25) is 0 Å². The van der Waals surface area contributed by atoms with Gasteiger partial charge in [-0.1, -0.05) is 30.3 Å². The van der Waals surface area contributed by atoms with E-state index in [1.54, 1.807) is 0 Å². The highest BCUT2D eigenvalue weighted by Gasteiger charge is 2.10. The fourth-order valence-corrected chi connectivity index (χ4v) is 1.00. The summed E-state index contributed by atoms with van der Waals surface area (Å²) in [4.78, 5) is 11.1. The second kappa shape index (κ2) is 6.13. The Kier molecular flexibility index (Phi) is 4.76. The summed E-state index contributed by atoms with van der Waals surface area (Å²) in [5.41, 5.74) is 11.5. The van der Waals surface area contributed by atoms with Crippen molar-refractivity contribution in [2.45, 2.75) is 12.6 Å². The lowest BCUT2D eigenvalue weighted by Crippen LogP contribution is -2.48. The molecule has 15 heavy (non-hydrogen) atoms. The van der Waals surface area contributed by atoms with Gasteiger partial charge in [0, 0.05) is 6.54 Å². The summed E-state index contributed by atoms with van der Waals surface area (Å²) >= 11 is 0. The lowest BCUT2D eigenvalue weighted by atomic mass is 10.2. The first kappa shape index (κ1) is 11.6. The fraction of sp³-hybridized carbons (Fsp3) is 0.300. The van der Waals surface area contributed by atoms with Crippen molar-refractivity contribution in [1.82, 2.24) is 10.9 Å². The standard InChI is InChI=1S/C10H15N3O2/c11-9(7-14)10(15)13-12-6-8-4-2-1-3-5-8/h1-5,9,12,14H,6-7,11H2,(H,13,15). The molecule has 1 aromatic carbocycles. The molecule has 0 aromatic heterocycles. The highest BCUT2D eigenvalue weighted by atomic mass is 16.3. The Labute approximate surface area is 88.3 Å². The summed E-state index contributed by atoms with van der Waals surface area (Å²) in [5.74, 6) is -0.423. The molecule has 0 radical (unpaired) electrons. The predicted molar refractivity (Wildman–Crippen MR) is 56.5 cm³/mol. The maximum Gasteiger partial charge on any atom is 0.253 e. The SMILES string of the molecule is NC(CO)C(=O)NNCc1ccccc1.